The van der Waals surface area contributed by atoms with E-state index in [1.807, 2.05) is 6.07 Å². The molecule has 2 aromatic rings. The predicted molar refractivity (Wildman–Crippen MR) is 118 cm³/mol. The van der Waals surface area contributed by atoms with Crippen molar-refractivity contribution in [1.82, 2.24) is 15.5 Å². The van der Waals surface area contributed by atoms with Gasteiger partial charge in [-0.15, -0.1) is 0 Å². The molecule has 30 heavy (non-hydrogen) atoms. The molecule has 4 rings (SSSR count). The third kappa shape index (κ3) is 5.83. The number of carbonyl (C=O) groups excluding carboxylic acids is 2. The second-order valence-corrected chi connectivity index (χ2v) is 8.27. The van der Waals surface area contributed by atoms with Crippen molar-refractivity contribution in [1.29, 1.82) is 0 Å². The summed E-state index contributed by atoms with van der Waals surface area (Å²) < 4.78 is 0. The molecule has 2 aromatic carbocycles. The predicted octanol–water partition coefficient (Wildman–Crippen LogP) is 3.76. The monoisotopic (exact) mass is 406 g/mol. The van der Waals surface area contributed by atoms with Crippen molar-refractivity contribution in [3.05, 3.63) is 65.7 Å². The van der Waals surface area contributed by atoms with Crippen molar-refractivity contribution in [2.24, 2.45) is 0 Å². The molecule has 0 spiro atoms. The lowest BCUT2D eigenvalue weighted by Gasteiger charge is -2.36. The van der Waals surface area contributed by atoms with Gasteiger partial charge in [0.1, 0.15) is 0 Å². The summed E-state index contributed by atoms with van der Waals surface area (Å²) in [6.07, 6.45) is 5.62. The lowest BCUT2D eigenvalue weighted by Crippen LogP contribution is -2.46. The Balaban J connectivity index is 1.27. The number of nitrogens with one attached hydrogen (secondary N) is 3. The standard InChI is InChI=1S/C24H30N4O2/c29-23(19-9-11-20(12-10-19)26-24(30)27-21-13-14-21)25-16-22-8-4-5-15-28(22)17-18-6-2-1-3-7-18/h1-3,6-7,9-12,21-22H,4-5,8,13-17H2,(H,25,29)(H2,26,27,30). The molecule has 2 aliphatic rings. The summed E-state index contributed by atoms with van der Waals surface area (Å²) >= 11 is 0. The van der Waals surface area contributed by atoms with Crippen LogP contribution in [0.5, 0.6) is 0 Å². The molecule has 0 radical (unpaired) electrons. The zero-order valence-electron chi connectivity index (χ0n) is 17.3. The molecule has 158 valence electrons. The van der Waals surface area contributed by atoms with Gasteiger partial charge in [-0.3, -0.25) is 9.69 Å². The Kier molecular flexibility index (Phi) is 6.64. The van der Waals surface area contributed by atoms with Gasteiger partial charge >= 0.3 is 6.03 Å². The molecule has 2 fully saturated rings. The van der Waals surface area contributed by atoms with Crippen molar-refractivity contribution in [3.8, 4) is 0 Å². The summed E-state index contributed by atoms with van der Waals surface area (Å²) in [5.41, 5.74) is 2.60. The number of hydrogen-bond acceptors (Lipinski definition) is 3. The van der Waals surface area contributed by atoms with Crippen LogP contribution in [0.15, 0.2) is 54.6 Å². The van der Waals surface area contributed by atoms with Crippen LogP contribution in [0.2, 0.25) is 0 Å². The van der Waals surface area contributed by atoms with Crippen molar-refractivity contribution in [3.63, 3.8) is 0 Å². The number of hydrogen-bond donors (Lipinski definition) is 3. The molecule has 1 atom stereocenters. The fourth-order valence-corrected chi connectivity index (χ4v) is 3.92. The van der Waals surface area contributed by atoms with Gasteiger partial charge in [0, 0.05) is 36.4 Å². The summed E-state index contributed by atoms with van der Waals surface area (Å²) in [6.45, 7) is 2.64. The van der Waals surface area contributed by atoms with E-state index in [1.165, 1.54) is 18.4 Å². The Bertz CT molecular complexity index is 849. The maximum atomic E-state index is 12.6. The number of piperidine rings is 1. The fourth-order valence-electron chi connectivity index (χ4n) is 3.92. The lowest BCUT2D eigenvalue weighted by molar-refractivity contribution is 0.0907. The van der Waals surface area contributed by atoms with Crippen LogP contribution >= 0.6 is 0 Å². The third-order valence-corrected chi connectivity index (χ3v) is 5.79. The molecule has 3 amide bonds. The zero-order chi connectivity index (χ0) is 20.8. The molecule has 1 saturated heterocycles. The first kappa shape index (κ1) is 20.4. The molecule has 1 aliphatic carbocycles. The molecular weight excluding hydrogens is 376 g/mol. The molecule has 1 aliphatic heterocycles. The van der Waals surface area contributed by atoms with Gasteiger partial charge in [-0.1, -0.05) is 36.8 Å². The second-order valence-electron chi connectivity index (χ2n) is 8.27. The third-order valence-electron chi connectivity index (χ3n) is 5.79. The summed E-state index contributed by atoms with van der Waals surface area (Å²) in [6, 6.07) is 18.0. The lowest BCUT2D eigenvalue weighted by atomic mass is 10.0. The smallest absolute Gasteiger partial charge is 0.319 e. The highest BCUT2D eigenvalue weighted by Crippen LogP contribution is 2.20. The molecular formula is C24H30N4O2. The van der Waals surface area contributed by atoms with Gasteiger partial charge < -0.3 is 16.0 Å². The number of urea groups is 1. The second kappa shape index (κ2) is 9.76. The molecule has 0 bridgehead atoms. The summed E-state index contributed by atoms with van der Waals surface area (Å²) in [5.74, 6) is -0.0748. The van der Waals surface area contributed by atoms with Gasteiger partial charge in [-0.2, -0.15) is 0 Å². The van der Waals surface area contributed by atoms with Crippen molar-refractivity contribution >= 4 is 17.6 Å². The molecule has 6 nitrogen and oxygen atoms in total. The first-order valence-corrected chi connectivity index (χ1v) is 10.9. The molecule has 1 saturated carbocycles. The Morgan fingerprint density at radius 1 is 0.933 bits per heavy atom. The van der Waals surface area contributed by atoms with Gasteiger partial charge in [0.25, 0.3) is 5.91 Å². The summed E-state index contributed by atoms with van der Waals surface area (Å²) in [5, 5.41) is 8.79. The Hall–Kier alpha value is -2.86. The van der Waals surface area contributed by atoms with E-state index in [-0.39, 0.29) is 11.9 Å². The zero-order valence-corrected chi connectivity index (χ0v) is 17.3. The van der Waals surface area contributed by atoms with Gasteiger partial charge in [0.15, 0.2) is 0 Å². The molecule has 0 aromatic heterocycles. The van der Waals surface area contributed by atoms with Crippen molar-refractivity contribution < 1.29 is 9.59 Å². The minimum absolute atomic E-state index is 0.0748. The average Bonchev–Trinajstić information content (AvgIpc) is 3.58. The maximum Gasteiger partial charge on any atom is 0.319 e. The number of anilines is 1. The van der Waals surface area contributed by atoms with E-state index >= 15 is 0 Å². The van der Waals surface area contributed by atoms with Crippen LogP contribution in [0.4, 0.5) is 10.5 Å². The number of nitrogens with zero attached hydrogens (tertiary/aromatic N) is 1. The van der Waals surface area contributed by atoms with E-state index in [4.69, 9.17) is 0 Å². The molecule has 1 unspecified atom stereocenters. The van der Waals surface area contributed by atoms with Gasteiger partial charge in [0.2, 0.25) is 0 Å². The van der Waals surface area contributed by atoms with E-state index < -0.39 is 0 Å². The molecule has 6 heteroatoms. The van der Waals surface area contributed by atoms with Crippen LogP contribution in [-0.4, -0.2) is 42.0 Å². The van der Waals surface area contributed by atoms with Crippen LogP contribution in [0.3, 0.4) is 0 Å². The van der Waals surface area contributed by atoms with Crippen molar-refractivity contribution in [2.45, 2.75) is 50.7 Å². The SMILES string of the molecule is O=C(Nc1ccc(C(=O)NCC2CCCCN2Cc2ccccc2)cc1)NC1CC1. The number of likely N-dealkylation sites (tertiary alicyclic amines) is 1. The van der Waals surface area contributed by atoms with Crippen LogP contribution in [-0.2, 0) is 6.54 Å². The highest BCUT2D eigenvalue weighted by molar-refractivity contribution is 5.95. The minimum Gasteiger partial charge on any atom is -0.350 e. The number of rotatable bonds is 7. The maximum absolute atomic E-state index is 12.6. The highest BCUT2D eigenvalue weighted by atomic mass is 16.2. The van der Waals surface area contributed by atoms with Crippen LogP contribution in [0.25, 0.3) is 0 Å². The van der Waals surface area contributed by atoms with E-state index in [0.29, 0.717) is 29.9 Å². The van der Waals surface area contributed by atoms with Crippen LogP contribution in [0, 0.1) is 0 Å². The van der Waals surface area contributed by atoms with Crippen molar-refractivity contribution in [2.75, 3.05) is 18.4 Å². The Morgan fingerprint density at radius 3 is 2.43 bits per heavy atom. The van der Waals surface area contributed by atoms with E-state index in [0.717, 1.165) is 32.4 Å². The molecule has 1 heterocycles. The van der Waals surface area contributed by atoms with E-state index in [1.54, 1.807) is 24.3 Å². The first-order valence-electron chi connectivity index (χ1n) is 10.9. The van der Waals surface area contributed by atoms with E-state index in [2.05, 4.69) is 45.1 Å². The number of benzene rings is 2. The summed E-state index contributed by atoms with van der Waals surface area (Å²) in [7, 11) is 0. The van der Waals surface area contributed by atoms with Gasteiger partial charge in [-0.05, 0) is 62.1 Å². The van der Waals surface area contributed by atoms with E-state index in [9.17, 15) is 9.59 Å². The largest absolute Gasteiger partial charge is 0.350 e. The molecule has 3 N–H and O–H groups in total. The number of carbonyl (C=O) groups is 2. The average molecular weight is 407 g/mol. The van der Waals surface area contributed by atoms with Gasteiger partial charge in [0.05, 0.1) is 0 Å². The fraction of sp³-hybridized carbons (Fsp3) is 0.417. The Labute approximate surface area is 178 Å². The quantitative estimate of drug-likeness (QED) is 0.656. The van der Waals surface area contributed by atoms with Crippen LogP contribution in [0.1, 0.15) is 48.0 Å². The normalized spacial score (nSPS) is 19.1. The van der Waals surface area contributed by atoms with Crippen LogP contribution < -0.4 is 16.0 Å². The minimum atomic E-state index is -0.189. The van der Waals surface area contributed by atoms with Gasteiger partial charge in [-0.25, -0.2) is 4.79 Å². The Morgan fingerprint density at radius 2 is 1.70 bits per heavy atom. The number of amides is 3. The topological polar surface area (TPSA) is 73.5 Å². The summed E-state index contributed by atoms with van der Waals surface area (Å²) in [4.78, 5) is 26.9. The first-order chi connectivity index (χ1) is 14.7. The highest BCUT2D eigenvalue weighted by Gasteiger charge is 2.24.